The quantitative estimate of drug-likeness (QED) is 0.210. The van der Waals surface area contributed by atoms with E-state index in [4.69, 9.17) is 4.42 Å². The monoisotopic (exact) mass is 532 g/mol. The number of carboxylic acid groups (broad SMARTS) is 1. The zero-order valence-electron chi connectivity index (χ0n) is 15.4. The zero-order chi connectivity index (χ0) is 19.3. The van der Waals surface area contributed by atoms with Gasteiger partial charge in [0.05, 0.1) is 10.4 Å². The molecular formula is C20H8Br2Na2O5. The molecule has 0 unspecified atom stereocenters. The van der Waals surface area contributed by atoms with Gasteiger partial charge in [-0.25, -0.2) is 0 Å². The van der Waals surface area contributed by atoms with E-state index in [0.717, 1.165) is 0 Å². The number of hydrogen-bond acceptors (Lipinski definition) is 5. The fourth-order valence-electron chi connectivity index (χ4n) is 3.09. The number of rotatable bonds is 2. The summed E-state index contributed by atoms with van der Waals surface area (Å²) in [5, 5.41) is 24.3. The van der Waals surface area contributed by atoms with E-state index in [1.807, 2.05) is 0 Å². The van der Waals surface area contributed by atoms with Crippen LogP contribution in [0.25, 0.3) is 33.4 Å². The molecule has 0 N–H and O–H groups in total. The Labute approximate surface area is 226 Å². The molecule has 1 aliphatic heterocycles. The Morgan fingerprint density at radius 2 is 1.59 bits per heavy atom. The maximum absolute atomic E-state index is 12.1. The molecule has 2 aliphatic rings. The predicted molar refractivity (Wildman–Crippen MR) is 104 cm³/mol. The maximum atomic E-state index is 12.1. The molecule has 0 aromatic heterocycles. The normalized spacial score (nSPS) is 10.4. The molecule has 4 rings (SSSR count). The fraction of sp³-hybridized carbons (Fsp3) is 0. The first-order valence-corrected chi connectivity index (χ1v) is 9.34. The Hall–Kier alpha value is -0.640. The molecule has 2 aromatic rings. The van der Waals surface area contributed by atoms with E-state index in [1.54, 1.807) is 30.3 Å². The van der Waals surface area contributed by atoms with Crippen LogP contribution in [0.4, 0.5) is 0 Å². The smallest absolute Gasteiger partial charge is 0.872 e. The third-order valence-corrected chi connectivity index (χ3v) is 5.78. The van der Waals surface area contributed by atoms with Crippen LogP contribution in [-0.2, 0) is 0 Å². The van der Waals surface area contributed by atoms with Gasteiger partial charge in [-0.3, -0.25) is 4.79 Å². The Kier molecular flexibility index (Phi) is 8.20. The van der Waals surface area contributed by atoms with Gasteiger partial charge in [-0.2, -0.15) is 0 Å². The van der Waals surface area contributed by atoms with E-state index in [-0.39, 0.29) is 96.1 Å². The Bertz CT molecular complexity index is 1270. The molecule has 5 nitrogen and oxygen atoms in total. The van der Waals surface area contributed by atoms with E-state index < -0.39 is 5.97 Å². The van der Waals surface area contributed by atoms with Crippen molar-refractivity contribution in [2.24, 2.45) is 0 Å². The van der Waals surface area contributed by atoms with Crippen molar-refractivity contribution in [1.82, 2.24) is 0 Å². The van der Waals surface area contributed by atoms with Gasteiger partial charge >= 0.3 is 59.1 Å². The molecule has 0 saturated heterocycles. The first-order chi connectivity index (χ1) is 12.9. The summed E-state index contributed by atoms with van der Waals surface area (Å²) < 4.78 is 6.26. The van der Waals surface area contributed by atoms with Gasteiger partial charge in [-0.15, -0.1) is 0 Å². The van der Waals surface area contributed by atoms with Gasteiger partial charge in [-0.05, 0) is 49.6 Å². The van der Waals surface area contributed by atoms with Crippen molar-refractivity contribution in [1.29, 1.82) is 0 Å². The second kappa shape index (κ2) is 9.66. The minimum Gasteiger partial charge on any atom is -0.872 e. The summed E-state index contributed by atoms with van der Waals surface area (Å²) in [7, 11) is 0. The van der Waals surface area contributed by atoms with Gasteiger partial charge in [0.2, 0.25) is 0 Å². The summed E-state index contributed by atoms with van der Waals surface area (Å²) in [6.07, 6.45) is 0. The first kappa shape index (κ1) is 24.6. The van der Waals surface area contributed by atoms with Crippen molar-refractivity contribution in [3.05, 3.63) is 73.3 Å². The maximum Gasteiger partial charge on any atom is 1.00 e. The second-order valence-electron chi connectivity index (χ2n) is 5.82. The van der Waals surface area contributed by atoms with Crippen LogP contribution in [-0.4, -0.2) is 5.97 Å². The molecule has 0 bridgehead atoms. The number of benzene rings is 3. The van der Waals surface area contributed by atoms with E-state index >= 15 is 0 Å². The third kappa shape index (κ3) is 4.25. The van der Waals surface area contributed by atoms with Gasteiger partial charge in [0.1, 0.15) is 10.1 Å². The van der Waals surface area contributed by atoms with Crippen LogP contribution < -0.4 is 74.8 Å². The fourth-order valence-corrected chi connectivity index (χ4v) is 3.94. The number of hydrogen-bond donors (Lipinski definition) is 0. The number of aromatic carboxylic acids is 1. The molecule has 2 aromatic carbocycles. The van der Waals surface area contributed by atoms with Crippen molar-refractivity contribution in [3.63, 3.8) is 0 Å². The average Bonchev–Trinajstić information content (AvgIpc) is 2.66. The molecule has 0 atom stereocenters. The van der Waals surface area contributed by atoms with Crippen LogP contribution in [0.1, 0.15) is 10.4 Å². The van der Waals surface area contributed by atoms with Crippen molar-refractivity contribution < 1.29 is 78.5 Å². The van der Waals surface area contributed by atoms with Gasteiger partial charge in [0.25, 0.3) is 0 Å². The van der Waals surface area contributed by atoms with Crippen molar-refractivity contribution in [2.45, 2.75) is 0 Å². The molecule has 9 heteroatoms. The van der Waals surface area contributed by atoms with Crippen molar-refractivity contribution in [2.75, 3.05) is 0 Å². The molecule has 0 amide bonds. The summed E-state index contributed by atoms with van der Waals surface area (Å²) in [5.41, 5.74) is 1.40. The first-order valence-electron chi connectivity index (χ1n) is 7.75. The van der Waals surface area contributed by atoms with Crippen LogP contribution >= 0.6 is 31.9 Å². The van der Waals surface area contributed by atoms with E-state index in [2.05, 4.69) is 31.9 Å². The van der Waals surface area contributed by atoms with E-state index in [0.29, 0.717) is 22.1 Å². The molecule has 0 radical (unpaired) electrons. The molecular weight excluding hydrogens is 526 g/mol. The minimum absolute atomic E-state index is 0. The van der Waals surface area contributed by atoms with Gasteiger partial charge < -0.3 is 19.4 Å². The molecule has 134 valence electrons. The number of halogens is 2. The number of carbonyl (C=O) groups excluding carboxylic acids is 1. The minimum atomic E-state index is -1.33. The van der Waals surface area contributed by atoms with Gasteiger partial charge in [0.15, 0.2) is 11.2 Å². The van der Waals surface area contributed by atoms with Gasteiger partial charge in [0, 0.05) is 22.1 Å². The van der Waals surface area contributed by atoms with Crippen LogP contribution in [0.2, 0.25) is 0 Å². The summed E-state index contributed by atoms with van der Waals surface area (Å²) in [6, 6.07) is 12.3. The SMILES string of the molecule is O=C([O-])c1ccccc1-c1c2ccc(=O)c(Br)c-2oc2c(Br)c([O-])ccc12.[Na+].[Na+]. The van der Waals surface area contributed by atoms with E-state index in [9.17, 15) is 19.8 Å². The summed E-state index contributed by atoms with van der Waals surface area (Å²) in [5.74, 6) is -1.39. The molecule has 1 aliphatic carbocycles. The number of fused-ring (bicyclic) bond motifs is 2. The summed E-state index contributed by atoms with van der Waals surface area (Å²) >= 11 is 6.47. The number of carboxylic acids is 1. The standard InChI is InChI=1S/C20H10Br2O5.2Na/c21-16-13(23)7-5-11-15(9-3-1-2-4-10(9)20(25)26)12-6-8-14(24)17(22)19(12)27-18(11)16;;/h1-8,23H,(H,25,26);;/q;2*+1/p-2. The summed E-state index contributed by atoms with van der Waals surface area (Å²) in [4.78, 5) is 23.7. The Morgan fingerprint density at radius 3 is 2.28 bits per heavy atom. The van der Waals surface area contributed by atoms with Crippen molar-refractivity contribution >= 4 is 48.8 Å². The Balaban J connectivity index is 0.00000150. The average molecular weight is 534 g/mol. The van der Waals surface area contributed by atoms with Gasteiger partial charge in [-0.1, -0.05) is 42.1 Å². The van der Waals surface area contributed by atoms with Crippen molar-refractivity contribution in [3.8, 4) is 28.2 Å². The molecule has 0 spiro atoms. The van der Waals surface area contributed by atoms with Crippen LogP contribution in [0.15, 0.2) is 66.7 Å². The molecule has 1 heterocycles. The van der Waals surface area contributed by atoms with E-state index in [1.165, 1.54) is 18.2 Å². The van der Waals surface area contributed by atoms with Crippen LogP contribution in [0.3, 0.4) is 0 Å². The molecule has 0 fully saturated rings. The molecule has 0 saturated carbocycles. The second-order valence-corrected chi connectivity index (χ2v) is 7.40. The number of carbonyl (C=O) groups is 1. The Morgan fingerprint density at radius 1 is 0.897 bits per heavy atom. The van der Waals surface area contributed by atoms with Crippen LogP contribution in [0.5, 0.6) is 5.75 Å². The molecule has 29 heavy (non-hydrogen) atoms. The predicted octanol–water partition coefficient (Wildman–Crippen LogP) is -2.47. The zero-order valence-corrected chi connectivity index (χ0v) is 22.6. The summed E-state index contributed by atoms with van der Waals surface area (Å²) in [6.45, 7) is 0. The van der Waals surface area contributed by atoms with Crippen LogP contribution in [0, 0.1) is 0 Å². The largest absolute Gasteiger partial charge is 1.00 e. The third-order valence-electron chi connectivity index (χ3n) is 4.28. The topological polar surface area (TPSA) is 93.4 Å².